The summed E-state index contributed by atoms with van der Waals surface area (Å²) in [6.07, 6.45) is 0. The van der Waals surface area contributed by atoms with Crippen LogP contribution >= 0.6 is 0 Å². The fourth-order valence-corrected chi connectivity index (χ4v) is 1.31. The van der Waals surface area contributed by atoms with E-state index >= 15 is 0 Å². The highest BCUT2D eigenvalue weighted by Crippen LogP contribution is 2.26. The van der Waals surface area contributed by atoms with Gasteiger partial charge in [-0.15, -0.1) is 0 Å². The first kappa shape index (κ1) is 9.05. The Hall–Kier alpha value is -1.52. The van der Waals surface area contributed by atoms with Crippen LogP contribution in [0.2, 0.25) is 0 Å². The van der Waals surface area contributed by atoms with Crippen LogP contribution in [0.15, 0.2) is 4.63 Å². The second kappa shape index (κ2) is 2.73. The molecule has 0 aromatic carbocycles. The number of aromatic nitrogens is 4. The molecular weight excluding hydrogens is 180 g/mol. The maximum Gasteiger partial charge on any atom is 0.161 e. The van der Waals surface area contributed by atoms with Crippen molar-refractivity contribution >= 4 is 11.0 Å². The Balaban J connectivity index is 2.80. The van der Waals surface area contributed by atoms with E-state index in [4.69, 9.17) is 4.63 Å². The second-order valence-corrected chi connectivity index (χ2v) is 4.35. The summed E-state index contributed by atoms with van der Waals surface area (Å²) in [4.78, 5) is 0. The Bertz CT molecular complexity index is 469. The molecule has 0 N–H and O–H groups in total. The molecule has 0 saturated carbocycles. The molecule has 0 unspecified atom stereocenters. The van der Waals surface area contributed by atoms with Crippen LogP contribution in [0.3, 0.4) is 0 Å². The number of rotatable bonds is 0. The maximum atomic E-state index is 4.70. The molecule has 2 heterocycles. The minimum absolute atomic E-state index is 0.0997. The van der Waals surface area contributed by atoms with Crippen molar-refractivity contribution in [2.75, 3.05) is 0 Å². The van der Waals surface area contributed by atoms with E-state index in [1.165, 1.54) is 0 Å². The van der Waals surface area contributed by atoms with Crippen LogP contribution in [-0.2, 0) is 5.41 Å². The number of fused-ring (bicyclic) bond motifs is 1. The van der Waals surface area contributed by atoms with Gasteiger partial charge in [0.25, 0.3) is 0 Å². The van der Waals surface area contributed by atoms with Crippen LogP contribution in [0.1, 0.15) is 32.2 Å². The summed E-state index contributed by atoms with van der Waals surface area (Å²) >= 11 is 0. The molecule has 2 aromatic heterocycles. The Labute approximate surface area is 81.5 Å². The van der Waals surface area contributed by atoms with Crippen molar-refractivity contribution in [3.05, 3.63) is 11.4 Å². The zero-order valence-electron chi connectivity index (χ0n) is 8.70. The van der Waals surface area contributed by atoms with Crippen molar-refractivity contribution in [2.45, 2.75) is 33.1 Å². The van der Waals surface area contributed by atoms with E-state index in [1.54, 1.807) is 0 Å². The van der Waals surface area contributed by atoms with Crippen molar-refractivity contribution in [2.24, 2.45) is 0 Å². The standard InChI is InChI=1S/C9H12N4O/c1-5-6-7(13-14-12-6)8(11-10-5)9(2,3)4/h1-4H3. The Kier molecular flexibility index (Phi) is 1.77. The smallest absolute Gasteiger partial charge is 0.161 e. The minimum atomic E-state index is -0.0997. The molecule has 74 valence electrons. The average Bonchev–Trinajstić information content (AvgIpc) is 2.50. The molecule has 5 nitrogen and oxygen atoms in total. The summed E-state index contributed by atoms with van der Waals surface area (Å²) in [7, 11) is 0. The van der Waals surface area contributed by atoms with Crippen molar-refractivity contribution in [3.8, 4) is 0 Å². The maximum absolute atomic E-state index is 4.70. The van der Waals surface area contributed by atoms with Gasteiger partial charge in [-0.1, -0.05) is 20.8 Å². The van der Waals surface area contributed by atoms with Gasteiger partial charge in [0.15, 0.2) is 11.0 Å². The predicted octanol–water partition coefficient (Wildman–Crippen LogP) is 1.62. The molecule has 0 aliphatic rings. The molecule has 0 bridgehead atoms. The molecule has 0 aliphatic heterocycles. The van der Waals surface area contributed by atoms with E-state index in [-0.39, 0.29) is 5.41 Å². The normalized spacial score (nSPS) is 12.3. The van der Waals surface area contributed by atoms with Crippen LogP contribution in [0.25, 0.3) is 11.0 Å². The molecular formula is C9H12N4O. The fraction of sp³-hybridized carbons (Fsp3) is 0.556. The lowest BCUT2D eigenvalue weighted by Gasteiger charge is -2.16. The summed E-state index contributed by atoms with van der Waals surface area (Å²) < 4.78 is 4.70. The minimum Gasteiger partial charge on any atom is -0.243 e. The molecule has 0 atom stereocenters. The van der Waals surface area contributed by atoms with Gasteiger partial charge in [0.2, 0.25) is 0 Å². The molecule has 2 rings (SSSR count). The van der Waals surface area contributed by atoms with Crippen LogP contribution in [0.4, 0.5) is 0 Å². The van der Waals surface area contributed by atoms with Crippen molar-refractivity contribution in [1.82, 2.24) is 20.5 Å². The van der Waals surface area contributed by atoms with Gasteiger partial charge in [0.1, 0.15) is 0 Å². The monoisotopic (exact) mass is 192 g/mol. The van der Waals surface area contributed by atoms with Gasteiger partial charge in [-0.3, -0.25) is 0 Å². The fourth-order valence-electron chi connectivity index (χ4n) is 1.31. The number of aryl methyl sites for hydroxylation is 1. The van der Waals surface area contributed by atoms with Gasteiger partial charge in [-0.25, -0.2) is 4.63 Å². The van der Waals surface area contributed by atoms with E-state index < -0.39 is 0 Å². The lowest BCUT2D eigenvalue weighted by molar-refractivity contribution is 0.314. The molecule has 0 saturated heterocycles. The number of nitrogens with zero attached hydrogens (tertiary/aromatic N) is 4. The lowest BCUT2D eigenvalue weighted by atomic mass is 9.91. The molecule has 2 aromatic rings. The van der Waals surface area contributed by atoms with Gasteiger partial charge in [-0.2, -0.15) is 10.2 Å². The molecule has 0 spiro atoms. The average molecular weight is 192 g/mol. The first-order chi connectivity index (χ1) is 6.50. The van der Waals surface area contributed by atoms with Gasteiger partial charge < -0.3 is 0 Å². The summed E-state index contributed by atoms with van der Waals surface area (Å²) in [5.74, 6) is 0. The van der Waals surface area contributed by atoms with Crippen molar-refractivity contribution in [3.63, 3.8) is 0 Å². The quantitative estimate of drug-likeness (QED) is 0.634. The Morgan fingerprint density at radius 3 is 2.29 bits per heavy atom. The van der Waals surface area contributed by atoms with E-state index in [0.717, 1.165) is 11.4 Å². The third-order valence-corrected chi connectivity index (χ3v) is 2.07. The molecule has 0 radical (unpaired) electrons. The first-order valence-electron chi connectivity index (χ1n) is 4.46. The van der Waals surface area contributed by atoms with Crippen LogP contribution < -0.4 is 0 Å². The number of hydrogen-bond acceptors (Lipinski definition) is 5. The van der Waals surface area contributed by atoms with E-state index in [1.807, 2.05) is 6.92 Å². The first-order valence-corrected chi connectivity index (χ1v) is 4.46. The second-order valence-electron chi connectivity index (χ2n) is 4.35. The highest BCUT2D eigenvalue weighted by molar-refractivity contribution is 5.77. The summed E-state index contributed by atoms with van der Waals surface area (Å²) in [5, 5.41) is 15.8. The highest BCUT2D eigenvalue weighted by atomic mass is 16.6. The van der Waals surface area contributed by atoms with Crippen LogP contribution in [-0.4, -0.2) is 20.5 Å². The zero-order chi connectivity index (χ0) is 10.3. The predicted molar refractivity (Wildman–Crippen MR) is 50.8 cm³/mol. The third-order valence-electron chi connectivity index (χ3n) is 2.07. The SMILES string of the molecule is Cc1nnc(C(C)(C)C)c2nonc12. The summed E-state index contributed by atoms with van der Waals surface area (Å²) in [6, 6.07) is 0. The molecule has 0 aliphatic carbocycles. The van der Waals surface area contributed by atoms with E-state index in [9.17, 15) is 0 Å². The molecule has 0 amide bonds. The van der Waals surface area contributed by atoms with E-state index in [0.29, 0.717) is 11.0 Å². The topological polar surface area (TPSA) is 64.7 Å². The third kappa shape index (κ3) is 1.25. The highest BCUT2D eigenvalue weighted by Gasteiger charge is 2.23. The van der Waals surface area contributed by atoms with Gasteiger partial charge in [0, 0.05) is 5.41 Å². The van der Waals surface area contributed by atoms with Gasteiger partial charge >= 0.3 is 0 Å². The Morgan fingerprint density at radius 2 is 1.64 bits per heavy atom. The zero-order valence-corrected chi connectivity index (χ0v) is 8.70. The van der Waals surface area contributed by atoms with E-state index in [2.05, 4.69) is 41.3 Å². The van der Waals surface area contributed by atoms with Gasteiger partial charge in [-0.05, 0) is 17.2 Å². The number of hydrogen-bond donors (Lipinski definition) is 0. The summed E-state index contributed by atoms with van der Waals surface area (Å²) in [5.41, 5.74) is 2.88. The van der Waals surface area contributed by atoms with Crippen LogP contribution in [0.5, 0.6) is 0 Å². The lowest BCUT2D eigenvalue weighted by Crippen LogP contribution is -2.15. The van der Waals surface area contributed by atoms with Crippen molar-refractivity contribution in [1.29, 1.82) is 0 Å². The van der Waals surface area contributed by atoms with Crippen molar-refractivity contribution < 1.29 is 4.63 Å². The van der Waals surface area contributed by atoms with Gasteiger partial charge in [0.05, 0.1) is 11.4 Å². The van der Waals surface area contributed by atoms with Crippen LogP contribution in [0, 0.1) is 6.92 Å². The Morgan fingerprint density at radius 1 is 1.00 bits per heavy atom. The summed E-state index contributed by atoms with van der Waals surface area (Å²) in [6.45, 7) is 8.01. The largest absolute Gasteiger partial charge is 0.243 e. The molecule has 0 fully saturated rings. The molecule has 14 heavy (non-hydrogen) atoms. The molecule has 5 heteroatoms.